The predicted octanol–water partition coefficient (Wildman–Crippen LogP) is 1.99. The summed E-state index contributed by atoms with van der Waals surface area (Å²) in [5, 5.41) is 19.7. The summed E-state index contributed by atoms with van der Waals surface area (Å²) in [7, 11) is 0. The first-order valence-electron chi connectivity index (χ1n) is 16.7. The first kappa shape index (κ1) is 37.7. The number of rotatable bonds is 13. The van der Waals surface area contributed by atoms with Gasteiger partial charge in [-0.3, -0.25) is 24.0 Å². The van der Waals surface area contributed by atoms with Gasteiger partial charge in [0.1, 0.15) is 17.8 Å². The molecule has 49 heavy (non-hydrogen) atoms. The minimum atomic E-state index is -1.76. The van der Waals surface area contributed by atoms with Crippen LogP contribution in [0.3, 0.4) is 0 Å². The molecule has 0 saturated carbocycles. The number of nitrogens with one attached hydrogen (secondary N) is 3. The van der Waals surface area contributed by atoms with Crippen molar-refractivity contribution < 1.29 is 33.8 Å². The van der Waals surface area contributed by atoms with Crippen LogP contribution in [-0.4, -0.2) is 86.5 Å². The van der Waals surface area contributed by atoms with Gasteiger partial charge in [-0.2, -0.15) is 0 Å². The van der Waals surface area contributed by atoms with E-state index in [1.807, 2.05) is 52.8 Å². The van der Waals surface area contributed by atoms with Crippen molar-refractivity contribution in [2.24, 2.45) is 5.73 Å². The second kappa shape index (κ2) is 16.1. The fourth-order valence-electron chi connectivity index (χ4n) is 6.26. The number of amides is 5. The molecule has 1 aliphatic heterocycles. The Balaban J connectivity index is 1.51. The largest absolute Gasteiger partial charge is 0.483 e. The van der Waals surface area contributed by atoms with E-state index in [-0.39, 0.29) is 18.2 Å². The Bertz CT molecular complexity index is 1530. The third-order valence-electron chi connectivity index (χ3n) is 8.60. The van der Waals surface area contributed by atoms with Crippen LogP contribution in [0.15, 0.2) is 48.5 Å². The molecule has 0 aromatic heterocycles. The molecule has 1 heterocycles. The van der Waals surface area contributed by atoms with Gasteiger partial charge in [-0.1, -0.05) is 42.5 Å². The summed E-state index contributed by atoms with van der Waals surface area (Å²) in [6.45, 7) is 8.85. The number of nitrogens with two attached hydrogens (primary N) is 1. The molecule has 1 fully saturated rings. The number of thioether (sulfide) groups is 1. The van der Waals surface area contributed by atoms with Gasteiger partial charge in [-0.15, -0.1) is 11.8 Å². The van der Waals surface area contributed by atoms with Crippen molar-refractivity contribution in [3.05, 3.63) is 65.2 Å². The number of benzene rings is 2. The van der Waals surface area contributed by atoms with Gasteiger partial charge in [0.15, 0.2) is 12.7 Å². The van der Waals surface area contributed by atoms with Gasteiger partial charge in [-0.05, 0) is 89.5 Å². The second-order valence-corrected chi connectivity index (χ2v) is 15.9. The van der Waals surface area contributed by atoms with Crippen molar-refractivity contribution in [3.63, 3.8) is 0 Å². The summed E-state index contributed by atoms with van der Waals surface area (Å²) >= 11 is 1.41. The fourth-order valence-corrected chi connectivity index (χ4v) is 7.40. The number of aryl methyl sites for hydroxylation is 1. The number of hydrogen-bond donors (Lipinski definition) is 5. The zero-order valence-electron chi connectivity index (χ0n) is 28.9. The average molecular weight is 696 g/mol. The molecule has 1 aliphatic carbocycles. The van der Waals surface area contributed by atoms with Gasteiger partial charge < -0.3 is 36.4 Å². The van der Waals surface area contributed by atoms with E-state index in [0.29, 0.717) is 11.3 Å². The Morgan fingerprint density at radius 3 is 2.39 bits per heavy atom. The van der Waals surface area contributed by atoms with E-state index in [2.05, 4.69) is 16.0 Å². The highest BCUT2D eigenvalue weighted by molar-refractivity contribution is 8.00. The molecule has 2 aliphatic rings. The molecule has 0 bridgehead atoms. The van der Waals surface area contributed by atoms with Crippen LogP contribution in [0.4, 0.5) is 0 Å². The molecule has 266 valence electrons. The Morgan fingerprint density at radius 1 is 1.02 bits per heavy atom. The molecule has 12 nitrogen and oxygen atoms in total. The summed E-state index contributed by atoms with van der Waals surface area (Å²) in [6, 6.07) is 11.2. The summed E-state index contributed by atoms with van der Waals surface area (Å²) < 4.78 is 5.18. The summed E-state index contributed by atoms with van der Waals surface area (Å²) in [5.74, 6) is -2.62. The van der Waals surface area contributed by atoms with Crippen LogP contribution in [0.1, 0.15) is 70.6 Å². The van der Waals surface area contributed by atoms with E-state index in [9.17, 15) is 29.1 Å². The van der Waals surface area contributed by atoms with Crippen molar-refractivity contribution >= 4 is 41.3 Å². The molecule has 5 amide bonds. The number of carbonyl (C=O) groups excluding carboxylic acids is 5. The highest BCUT2D eigenvalue weighted by Crippen LogP contribution is 2.40. The number of nitrogens with zero attached hydrogens (tertiary/aromatic N) is 1. The van der Waals surface area contributed by atoms with Crippen LogP contribution < -0.4 is 26.4 Å². The molecule has 0 radical (unpaired) electrons. The number of primary amides is 1. The van der Waals surface area contributed by atoms with Gasteiger partial charge >= 0.3 is 0 Å². The second-order valence-electron chi connectivity index (χ2n) is 14.3. The van der Waals surface area contributed by atoms with E-state index in [0.717, 1.165) is 31.2 Å². The Labute approximate surface area is 292 Å². The SMILES string of the molecule is CC(C)(C)NC(=O)[C@H]1N(C(=O)[C@@H](O)[C@H](Cc2ccccc2)NC(=O)[C@H](CC(N)=O)NC(=O)COc2cccc3c2CCCC3)CSC1(C)C. The van der Waals surface area contributed by atoms with E-state index in [1.165, 1.54) is 22.2 Å². The maximum Gasteiger partial charge on any atom is 0.258 e. The van der Waals surface area contributed by atoms with Crippen LogP contribution in [0.25, 0.3) is 0 Å². The van der Waals surface area contributed by atoms with Gasteiger partial charge in [0.25, 0.3) is 11.8 Å². The standard InChI is InChI=1S/C36H49N5O7S/c1-35(2,3)40-33(46)31-36(4,5)49-21-41(31)34(47)30(44)25(18-22-12-7-6-8-13-22)39-32(45)26(19-28(37)42)38-29(43)20-48-27-17-11-15-23-14-9-10-16-24(23)27/h6-8,11-13,15,17,25-26,30-31,44H,9-10,14,16,18-21H2,1-5H3,(H2,37,42)(H,38,43)(H,39,45)(H,40,46)/t25-,26-,30-,31+/m0/s1. The minimum absolute atomic E-state index is 0.0438. The van der Waals surface area contributed by atoms with Crippen LogP contribution in [0, 0.1) is 0 Å². The molecule has 2 aromatic carbocycles. The molecule has 0 unspecified atom stereocenters. The number of aliphatic hydroxyl groups is 1. The van der Waals surface area contributed by atoms with Crippen molar-refractivity contribution in [3.8, 4) is 5.75 Å². The fraction of sp³-hybridized carbons (Fsp3) is 0.528. The summed E-state index contributed by atoms with van der Waals surface area (Å²) in [5.41, 5.74) is 7.87. The smallest absolute Gasteiger partial charge is 0.258 e. The van der Waals surface area contributed by atoms with Crippen LogP contribution in [-0.2, 0) is 43.2 Å². The lowest BCUT2D eigenvalue weighted by molar-refractivity contribution is -0.148. The number of hydrogen-bond acceptors (Lipinski definition) is 8. The van der Waals surface area contributed by atoms with Crippen molar-refractivity contribution in [1.82, 2.24) is 20.9 Å². The van der Waals surface area contributed by atoms with Gasteiger partial charge in [0.2, 0.25) is 17.7 Å². The topological polar surface area (TPSA) is 180 Å². The summed E-state index contributed by atoms with van der Waals surface area (Å²) in [6.07, 6.45) is 1.67. The van der Waals surface area contributed by atoms with Crippen molar-refractivity contribution in [1.29, 1.82) is 0 Å². The molecule has 2 aromatic rings. The molecule has 0 spiro atoms. The molecule has 6 N–H and O–H groups in total. The number of aliphatic hydroxyl groups excluding tert-OH is 1. The van der Waals surface area contributed by atoms with Gasteiger partial charge in [-0.25, -0.2) is 0 Å². The lowest BCUT2D eigenvalue weighted by Gasteiger charge is -2.35. The Morgan fingerprint density at radius 2 is 1.71 bits per heavy atom. The maximum absolute atomic E-state index is 13.9. The minimum Gasteiger partial charge on any atom is -0.483 e. The highest BCUT2D eigenvalue weighted by Gasteiger charge is 2.50. The Hall–Kier alpha value is -4.10. The van der Waals surface area contributed by atoms with Crippen molar-refractivity contribution in [2.75, 3.05) is 12.5 Å². The van der Waals surface area contributed by atoms with Gasteiger partial charge in [0, 0.05) is 10.3 Å². The predicted molar refractivity (Wildman–Crippen MR) is 187 cm³/mol. The zero-order chi connectivity index (χ0) is 35.9. The first-order valence-corrected chi connectivity index (χ1v) is 17.6. The van der Waals surface area contributed by atoms with Crippen LogP contribution >= 0.6 is 11.8 Å². The molecule has 1 saturated heterocycles. The maximum atomic E-state index is 13.9. The van der Waals surface area contributed by atoms with Crippen molar-refractivity contribution in [2.45, 2.75) is 108 Å². The molecule has 13 heteroatoms. The number of fused-ring (bicyclic) bond motifs is 1. The number of ether oxygens (including phenoxy) is 1. The summed E-state index contributed by atoms with van der Waals surface area (Å²) in [4.78, 5) is 67.4. The lowest BCUT2D eigenvalue weighted by Crippen LogP contribution is -2.61. The molecular weight excluding hydrogens is 646 g/mol. The van der Waals surface area contributed by atoms with Crippen LogP contribution in [0.5, 0.6) is 5.75 Å². The van der Waals surface area contributed by atoms with E-state index in [4.69, 9.17) is 10.5 Å². The van der Waals surface area contributed by atoms with Gasteiger partial charge in [0.05, 0.1) is 18.3 Å². The van der Waals surface area contributed by atoms with E-state index in [1.54, 1.807) is 30.3 Å². The monoisotopic (exact) mass is 695 g/mol. The molecule has 4 atom stereocenters. The number of carbonyl (C=O) groups is 5. The lowest BCUT2D eigenvalue weighted by atomic mass is 9.91. The first-order chi connectivity index (χ1) is 23.1. The van der Waals surface area contributed by atoms with E-state index < -0.39 is 71.2 Å². The highest BCUT2D eigenvalue weighted by atomic mass is 32.2. The van der Waals surface area contributed by atoms with E-state index >= 15 is 0 Å². The normalized spacial score (nSPS) is 18.7. The molecular formula is C36H49N5O7S. The third kappa shape index (κ3) is 10.2. The quantitative estimate of drug-likeness (QED) is 0.211. The van der Waals surface area contributed by atoms with Crippen LogP contribution in [0.2, 0.25) is 0 Å². The molecule has 4 rings (SSSR count). The Kier molecular flexibility index (Phi) is 12.4. The average Bonchev–Trinajstić information content (AvgIpc) is 3.36. The zero-order valence-corrected chi connectivity index (χ0v) is 29.7. The third-order valence-corrected chi connectivity index (χ3v) is 9.98.